The van der Waals surface area contributed by atoms with Gasteiger partial charge in [0.2, 0.25) is 0 Å². The molecule has 27 heavy (non-hydrogen) atoms. The van der Waals surface area contributed by atoms with Crippen LogP contribution in [0.5, 0.6) is 0 Å². The third-order valence-electron chi connectivity index (χ3n) is 4.40. The molecule has 0 atom stereocenters. The summed E-state index contributed by atoms with van der Waals surface area (Å²) in [5, 5.41) is 11.8. The molecule has 1 saturated heterocycles. The standard InChI is InChI=1S/C19H17F3N4O/c20-19(21,22)15-5-7-16(8-6-15)24-18(27)26-11-9-25(10-12-26)17-4-2-1-3-14(17)13-23/h1-8H,9-12H2,(H,24,27). The number of hydrogen-bond acceptors (Lipinski definition) is 3. The Kier molecular flexibility index (Phi) is 5.21. The van der Waals surface area contributed by atoms with E-state index >= 15 is 0 Å². The lowest BCUT2D eigenvalue weighted by Gasteiger charge is -2.36. The van der Waals surface area contributed by atoms with Gasteiger partial charge in [0, 0.05) is 31.9 Å². The van der Waals surface area contributed by atoms with Crippen molar-refractivity contribution >= 4 is 17.4 Å². The Labute approximate surface area is 154 Å². The molecule has 0 aromatic heterocycles. The van der Waals surface area contributed by atoms with E-state index in [1.165, 1.54) is 12.1 Å². The lowest BCUT2D eigenvalue weighted by Crippen LogP contribution is -2.50. The van der Waals surface area contributed by atoms with Gasteiger partial charge < -0.3 is 15.1 Å². The van der Waals surface area contributed by atoms with Crippen molar-refractivity contribution in [2.24, 2.45) is 0 Å². The van der Waals surface area contributed by atoms with E-state index in [2.05, 4.69) is 11.4 Å². The van der Waals surface area contributed by atoms with Crippen molar-refractivity contribution in [1.82, 2.24) is 4.90 Å². The smallest absolute Gasteiger partial charge is 0.367 e. The Morgan fingerprint density at radius 1 is 1.00 bits per heavy atom. The van der Waals surface area contributed by atoms with Crippen LogP contribution in [0.2, 0.25) is 0 Å². The second kappa shape index (κ2) is 7.58. The van der Waals surface area contributed by atoms with Crippen LogP contribution in [-0.4, -0.2) is 37.1 Å². The van der Waals surface area contributed by atoms with Crippen LogP contribution in [0, 0.1) is 11.3 Å². The molecule has 2 aromatic carbocycles. The van der Waals surface area contributed by atoms with Crippen molar-refractivity contribution in [3.8, 4) is 6.07 Å². The van der Waals surface area contributed by atoms with E-state index in [-0.39, 0.29) is 6.03 Å². The van der Waals surface area contributed by atoms with E-state index < -0.39 is 11.7 Å². The molecule has 5 nitrogen and oxygen atoms in total. The second-order valence-corrected chi connectivity index (χ2v) is 6.11. The van der Waals surface area contributed by atoms with Crippen molar-refractivity contribution in [3.63, 3.8) is 0 Å². The van der Waals surface area contributed by atoms with E-state index in [4.69, 9.17) is 0 Å². The quantitative estimate of drug-likeness (QED) is 0.867. The third-order valence-corrected chi connectivity index (χ3v) is 4.40. The summed E-state index contributed by atoms with van der Waals surface area (Å²) < 4.78 is 37.7. The SMILES string of the molecule is N#Cc1ccccc1N1CCN(C(=O)Nc2ccc(C(F)(F)F)cc2)CC1. The van der Waals surface area contributed by atoms with Gasteiger partial charge >= 0.3 is 12.2 Å². The molecule has 2 aromatic rings. The molecule has 0 saturated carbocycles. The maximum Gasteiger partial charge on any atom is 0.416 e. The number of para-hydroxylation sites is 1. The average molecular weight is 374 g/mol. The summed E-state index contributed by atoms with van der Waals surface area (Å²) in [6.07, 6.45) is -4.40. The molecule has 2 amide bonds. The normalized spacial score (nSPS) is 14.6. The number of benzene rings is 2. The zero-order valence-electron chi connectivity index (χ0n) is 14.3. The largest absolute Gasteiger partial charge is 0.416 e. The fourth-order valence-electron chi connectivity index (χ4n) is 2.94. The molecule has 1 N–H and O–H groups in total. The van der Waals surface area contributed by atoms with E-state index in [9.17, 15) is 23.2 Å². The molecule has 0 unspecified atom stereocenters. The summed E-state index contributed by atoms with van der Waals surface area (Å²) in [5.74, 6) is 0. The fraction of sp³-hybridized carbons (Fsp3) is 0.263. The van der Waals surface area contributed by atoms with Crippen LogP contribution < -0.4 is 10.2 Å². The van der Waals surface area contributed by atoms with Gasteiger partial charge in [-0.15, -0.1) is 0 Å². The number of anilines is 2. The van der Waals surface area contributed by atoms with Gasteiger partial charge in [0.05, 0.1) is 16.8 Å². The van der Waals surface area contributed by atoms with Crippen molar-refractivity contribution in [1.29, 1.82) is 5.26 Å². The Hall–Kier alpha value is -3.21. The Balaban J connectivity index is 1.58. The number of nitrogens with zero attached hydrogens (tertiary/aromatic N) is 3. The monoisotopic (exact) mass is 374 g/mol. The minimum absolute atomic E-state index is 0.310. The highest BCUT2D eigenvalue weighted by Gasteiger charge is 2.30. The molecule has 1 aliphatic rings. The average Bonchev–Trinajstić information content (AvgIpc) is 2.68. The van der Waals surface area contributed by atoms with Crippen LogP contribution in [0.3, 0.4) is 0 Å². The van der Waals surface area contributed by atoms with Gasteiger partial charge in [0.1, 0.15) is 6.07 Å². The molecule has 1 aliphatic heterocycles. The van der Waals surface area contributed by atoms with E-state index in [0.29, 0.717) is 37.4 Å². The van der Waals surface area contributed by atoms with Gasteiger partial charge in [-0.1, -0.05) is 12.1 Å². The van der Waals surface area contributed by atoms with Crippen molar-refractivity contribution < 1.29 is 18.0 Å². The lowest BCUT2D eigenvalue weighted by atomic mass is 10.1. The highest BCUT2D eigenvalue weighted by Crippen LogP contribution is 2.30. The third kappa shape index (κ3) is 4.31. The predicted molar refractivity (Wildman–Crippen MR) is 95.4 cm³/mol. The molecular formula is C19H17F3N4O. The molecule has 140 valence electrons. The van der Waals surface area contributed by atoms with Crippen LogP contribution in [0.4, 0.5) is 29.3 Å². The number of alkyl halides is 3. The van der Waals surface area contributed by atoms with Gasteiger partial charge in [-0.2, -0.15) is 18.4 Å². The number of carbonyl (C=O) groups is 1. The van der Waals surface area contributed by atoms with Crippen molar-refractivity contribution in [2.45, 2.75) is 6.18 Å². The van der Waals surface area contributed by atoms with Gasteiger partial charge in [-0.25, -0.2) is 4.79 Å². The highest BCUT2D eigenvalue weighted by atomic mass is 19.4. The number of nitrogens with one attached hydrogen (secondary N) is 1. The van der Waals surface area contributed by atoms with Crippen LogP contribution in [0.25, 0.3) is 0 Å². The lowest BCUT2D eigenvalue weighted by molar-refractivity contribution is -0.137. The zero-order valence-corrected chi connectivity index (χ0v) is 14.3. The fourth-order valence-corrected chi connectivity index (χ4v) is 2.94. The van der Waals surface area contributed by atoms with E-state index in [0.717, 1.165) is 17.8 Å². The van der Waals surface area contributed by atoms with Crippen LogP contribution in [0.1, 0.15) is 11.1 Å². The van der Waals surface area contributed by atoms with E-state index in [1.54, 1.807) is 17.0 Å². The van der Waals surface area contributed by atoms with Gasteiger partial charge in [0.25, 0.3) is 0 Å². The topological polar surface area (TPSA) is 59.4 Å². The van der Waals surface area contributed by atoms with E-state index in [1.807, 2.05) is 17.0 Å². The number of halogens is 3. The minimum Gasteiger partial charge on any atom is -0.367 e. The molecule has 0 radical (unpaired) electrons. The second-order valence-electron chi connectivity index (χ2n) is 6.11. The Morgan fingerprint density at radius 2 is 1.63 bits per heavy atom. The van der Waals surface area contributed by atoms with Gasteiger partial charge in [-0.3, -0.25) is 0 Å². The Bertz CT molecular complexity index is 850. The summed E-state index contributed by atoms with van der Waals surface area (Å²) in [7, 11) is 0. The van der Waals surface area contributed by atoms with Crippen molar-refractivity contribution in [3.05, 3.63) is 59.7 Å². The first-order chi connectivity index (χ1) is 12.9. The molecule has 0 aliphatic carbocycles. The number of nitriles is 1. The molecular weight excluding hydrogens is 357 g/mol. The number of hydrogen-bond donors (Lipinski definition) is 1. The number of piperazine rings is 1. The van der Waals surface area contributed by atoms with Crippen LogP contribution in [0.15, 0.2) is 48.5 Å². The summed E-state index contributed by atoms with van der Waals surface area (Å²) in [6.45, 7) is 2.04. The summed E-state index contributed by atoms with van der Waals surface area (Å²) >= 11 is 0. The maximum absolute atomic E-state index is 12.6. The molecule has 8 heteroatoms. The summed E-state index contributed by atoms with van der Waals surface area (Å²) in [4.78, 5) is 16.0. The van der Waals surface area contributed by atoms with Crippen molar-refractivity contribution in [2.75, 3.05) is 36.4 Å². The zero-order chi connectivity index (χ0) is 19.4. The summed E-state index contributed by atoms with van der Waals surface area (Å²) in [6, 6.07) is 13.4. The number of amides is 2. The van der Waals surface area contributed by atoms with Crippen LogP contribution in [-0.2, 0) is 6.18 Å². The maximum atomic E-state index is 12.6. The van der Waals surface area contributed by atoms with Gasteiger partial charge in [0.15, 0.2) is 0 Å². The first-order valence-electron chi connectivity index (χ1n) is 8.36. The number of carbonyl (C=O) groups excluding carboxylic acids is 1. The van der Waals surface area contributed by atoms with Crippen LogP contribution >= 0.6 is 0 Å². The number of urea groups is 1. The number of rotatable bonds is 2. The minimum atomic E-state index is -4.40. The molecule has 1 heterocycles. The Morgan fingerprint density at radius 3 is 2.22 bits per heavy atom. The molecule has 1 fully saturated rings. The summed E-state index contributed by atoms with van der Waals surface area (Å²) in [5.41, 5.74) is 0.971. The van der Waals surface area contributed by atoms with Gasteiger partial charge in [-0.05, 0) is 36.4 Å². The first-order valence-corrected chi connectivity index (χ1v) is 8.36. The molecule has 0 spiro atoms. The highest BCUT2D eigenvalue weighted by molar-refractivity contribution is 5.89. The first kappa shape index (κ1) is 18.6. The molecule has 0 bridgehead atoms. The predicted octanol–water partition coefficient (Wildman–Crippen LogP) is 3.93. The molecule has 3 rings (SSSR count).